The lowest BCUT2D eigenvalue weighted by molar-refractivity contribution is 0.659. The molecule has 0 unspecified atom stereocenters. The smallest absolute Gasteiger partial charge is 0.143 e. The van der Waals surface area contributed by atoms with Crippen molar-refractivity contribution in [3.05, 3.63) is 175 Å². The molecule has 10 aromatic rings. The van der Waals surface area contributed by atoms with Crippen LogP contribution in [0.3, 0.4) is 0 Å². The maximum atomic E-state index is 6.64. The number of hydrogen-bond donors (Lipinski definition) is 0. The van der Waals surface area contributed by atoms with Crippen molar-refractivity contribution in [1.82, 2.24) is 0 Å². The number of benzene rings is 8. The third-order valence-corrected chi connectivity index (χ3v) is 11.2. The van der Waals surface area contributed by atoms with E-state index in [2.05, 4.69) is 170 Å². The fraction of sp³-hybridized carbons (Fsp3) is 0.0612. The van der Waals surface area contributed by atoms with Gasteiger partial charge in [0.2, 0.25) is 0 Å². The Morgan fingerprint density at radius 2 is 1.02 bits per heavy atom. The highest BCUT2D eigenvalue weighted by atomic mass is 16.3. The lowest BCUT2D eigenvalue weighted by Gasteiger charge is -2.28. The largest absolute Gasteiger partial charge is 0.456 e. The summed E-state index contributed by atoms with van der Waals surface area (Å²) < 4.78 is 13.1. The Morgan fingerprint density at radius 1 is 0.442 bits per heavy atom. The molecule has 0 radical (unpaired) electrons. The van der Waals surface area contributed by atoms with Crippen molar-refractivity contribution < 1.29 is 8.83 Å². The number of fused-ring (bicyclic) bond motifs is 13. The molecule has 0 spiro atoms. The summed E-state index contributed by atoms with van der Waals surface area (Å²) in [5.41, 5.74) is 14.2. The van der Waals surface area contributed by atoms with Crippen LogP contribution < -0.4 is 4.90 Å². The summed E-state index contributed by atoms with van der Waals surface area (Å²) >= 11 is 0. The van der Waals surface area contributed by atoms with Crippen molar-refractivity contribution >= 4 is 71.7 Å². The number of para-hydroxylation sites is 2. The highest BCUT2D eigenvalue weighted by Crippen LogP contribution is 2.57. The zero-order chi connectivity index (χ0) is 34.6. The Labute approximate surface area is 301 Å². The highest BCUT2D eigenvalue weighted by Gasteiger charge is 2.40. The Hall–Kier alpha value is -6.58. The quantitative estimate of drug-likeness (QED) is 0.187. The topological polar surface area (TPSA) is 29.5 Å². The molecule has 2 heterocycles. The van der Waals surface area contributed by atoms with Crippen molar-refractivity contribution in [2.45, 2.75) is 19.3 Å². The summed E-state index contributed by atoms with van der Waals surface area (Å²) in [6.07, 6.45) is 0. The first-order valence-electron chi connectivity index (χ1n) is 17.9. The van der Waals surface area contributed by atoms with Crippen LogP contribution in [0.25, 0.3) is 76.9 Å². The van der Waals surface area contributed by atoms with Crippen LogP contribution in [0.2, 0.25) is 0 Å². The van der Waals surface area contributed by atoms with E-state index in [1.807, 2.05) is 12.1 Å². The van der Waals surface area contributed by atoms with E-state index in [9.17, 15) is 0 Å². The van der Waals surface area contributed by atoms with E-state index in [1.165, 1.54) is 49.5 Å². The van der Waals surface area contributed by atoms with Gasteiger partial charge in [-0.05, 0) is 87.3 Å². The van der Waals surface area contributed by atoms with Gasteiger partial charge < -0.3 is 13.7 Å². The molecule has 1 aliphatic carbocycles. The van der Waals surface area contributed by atoms with E-state index in [-0.39, 0.29) is 5.41 Å². The minimum atomic E-state index is -0.291. The van der Waals surface area contributed by atoms with E-state index in [4.69, 9.17) is 8.83 Å². The Morgan fingerprint density at radius 3 is 1.81 bits per heavy atom. The average Bonchev–Trinajstić information content (AvgIpc) is 3.83. The predicted molar refractivity (Wildman–Crippen MR) is 216 cm³/mol. The zero-order valence-electron chi connectivity index (χ0n) is 28.9. The number of rotatable bonds is 4. The summed E-state index contributed by atoms with van der Waals surface area (Å²) in [6, 6.07) is 58.5. The van der Waals surface area contributed by atoms with Crippen LogP contribution in [-0.2, 0) is 5.41 Å². The van der Waals surface area contributed by atoms with Gasteiger partial charge in [0.1, 0.15) is 22.3 Å². The minimum absolute atomic E-state index is 0.291. The van der Waals surface area contributed by atoms with E-state index in [1.54, 1.807) is 0 Å². The minimum Gasteiger partial charge on any atom is -0.456 e. The molecule has 0 bridgehead atoms. The van der Waals surface area contributed by atoms with Gasteiger partial charge in [0.15, 0.2) is 0 Å². The Kier molecular flexibility index (Phi) is 6.01. The van der Waals surface area contributed by atoms with Crippen LogP contribution in [0, 0.1) is 0 Å². The summed E-state index contributed by atoms with van der Waals surface area (Å²) in [5.74, 6) is 0. The number of nitrogens with zero attached hydrogens (tertiary/aromatic N) is 1. The molecule has 246 valence electrons. The third kappa shape index (κ3) is 4.08. The Balaban J connectivity index is 1.14. The van der Waals surface area contributed by atoms with Crippen LogP contribution in [0.1, 0.15) is 25.0 Å². The first kappa shape index (κ1) is 29.2. The van der Waals surface area contributed by atoms with Crippen LogP contribution in [0.5, 0.6) is 0 Å². The molecule has 2 aromatic heterocycles. The molecule has 1 aliphatic rings. The van der Waals surface area contributed by atoms with Gasteiger partial charge in [0.25, 0.3) is 0 Å². The molecule has 0 saturated heterocycles. The highest BCUT2D eigenvalue weighted by molar-refractivity contribution is 6.23. The van der Waals surface area contributed by atoms with Gasteiger partial charge >= 0.3 is 0 Å². The summed E-state index contributed by atoms with van der Waals surface area (Å²) in [6.45, 7) is 4.74. The Bertz CT molecular complexity index is 3040. The number of hydrogen-bond acceptors (Lipinski definition) is 3. The average molecular weight is 668 g/mol. The van der Waals surface area contributed by atoms with Crippen LogP contribution in [0.4, 0.5) is 17.1 Å². The number of anilines is 3. The second kappa shape index (κ2) is 10.7. The molecule has 0 fully saturated rings. The van der Waals surface area contributed by atoms with Crippen LogP contribution in [-0.4, -0.2) is 0 Å². The van der Waals surface area contributed by atoms with Gasteiger partial charge in [-0.2, -0.15) is 0 Å². The van der Waals surface area contributed by atoms with E-state index < -0.39 is 0 Å². The van der Waals surface area contributed by atoms with Gasteiger partial charge in [0, 0.05) is 55.5 Å². The van der Waals surface area contributed by atoms with Gasteiger partial charge in [-0.3, -0.25) is 0 Å². The second-order valence-electron chi connectivity index (χ2n) is 14.5. The van der Waals surface area contributed by atoms with Crippen LogP contribution in [0.15, 0.2) is 173 Å². The summed E-state index contributed by atoms with van der Waals surface area (Å²) in [4.78, 5) is 2.36. The fourth-order valence-corrected chi connectivity index (χ4v) is 8.82. The van der Waals surface area contributed by atoms with Crippen molar-refractivity contribution in [2.24, 2.45) is 0 Å². The molecule has 8 aromatic carbocycles. The molecule has 3 nitrogen and oxygen atoms in total. The van der Waals surface area contributed by atoms with E-state index in [0.29, 0.717) is 0 Å². The molecule has 0 amide bonds. The first-order valence-corrected chi connectivity index (χ1v) is 17.9. The van der Waals surface area contributed by atoms with E-state index in [0.717, 1.165) is 55.6 Å². The first-order chi connectivity index (χ1) is 25.5. The molecule has 0 atom stereocenters. The summed E-state index contributed by atoms with van der Waals surface area (Å²) in [5, 5.41) is 7.01. The summed E-state index contributed by atoms with van der Waals surface area (Å²) in [7, 11) is 0. The molecule has 0 N–H and O–H groups in total. The SMILES string of the molecule is CC1(C)c2cc(N(c3ccc(-c4ccccc4)cc3)c3ccc4c(c3)oc3ccccc34)ccc2-c2c1c1c3ccccc3oc1c1ccccc21. The van der Waals surface area contributed by atoms with Crippen molar-refractivity contribution in [3.63, 3.8) is 0 Å². The zero-order valence-corrected chi connectivity index (χ0v) is 28.9. The van der Waals surface area contributed by atoms with Crippen molar-refractivity contribution in [3.8, 4) is 22.3 Å². The van der Waals surface area contributed by atoms with Gasteiger partial charge in [-0.1, -0.05) is 123 Å². The van der Waals surface area contributed by atoms with Crippen molar-refractivity contribution in [1.29, 1.82) is 0 Å². The monoisotopic (exact) mass is 667 g/mol. The second-order valence-corrected chi connectivity index (χ2v) is 14.5. The molecule has 0 aliphatic heterocycles. The molecular formula is C49H33NO2. The van der Waals surface area contributed by atoms with Crippen molar-refractivity contribution in [2.75, 3.05) is 4.90 Å². The van der Waals surface area contributed by atoms with Gasteiger partial charge in [-0.15, -0.1) is 0 Å². The maximum Gasteiger partial charge on any atom is 0.143 e. The predicted octanol–water partition coefficient (Wildman–Crippen LogP) is 14.1. The lowest BCUT2D eigenvalue weighted by Crippen LogP contribution is -2.17. The molecule has 0 saturated carbocycles. The standard InChI is InChI=1S/C49H33NO2/c1-49(2)41-28-33(25-27-39(41)45-37-15-6-7-16-38(37)48-46(47(45)49)40-17-9-11-19-43(40)52-48)50(32-22-20-31(21-23-32)30-12-4-3-5-13-30)34-24-26-36-35-14-8-10-18-42(35)51-44(36)29-34/h3-29H,1-2H3. The fourth-order valence-electron chi connectivity index (χ4n) is 8.82. The van der Waals surface area contributed by atoms with E-state index >= 15 is 0 Å². The van der Waals surface area contributed by atoms with Gasteiger partial charge in [0.05, 0.1) is 0 Å². The normalized spacial score (nSPS) is 13.3. The molecular weight excluding hydrogens is 635 g/mol. The lowest BCUT2D eigenvalue weighted by atomic mass is 9.79. The third-order valence-electron chi connectivity index (χ3n) is 11.2. The molecule has 3 heteroatoms. The van der Waals surface area contributed by atoms with Gasteiger partial charge in [-0.25, -0.2) is 0 Å². The molecule has 52 heavy (non-hydrogen) atoms. The molecule has 11 rings (SSSR count). The maximum absolute atomic E-state index is 6.64. The number of furan rings is 2. The van der Waals surface area contributed by atoms with Crippen LogP contribution >= 0.6 is 0 Å².